The topological polar surface area (TPSA) is 105 Å². The zero-order chi connectivity index (χ0) is 16.2. The fourth-order valence-corrected chi connectivity index (χ4v) is 3.14. The van der Waals surface area contributed by atoms with Gasteiger partial charge in [-0.1, -0.05) is 6.07 Å². The van der Waals surface area contributed by atoms with Gasteiger partial charge in [0, 0.05) is 24.8 Å². The fraction of sp³-hybridized carbons (Fsp3) is 0.500. The van der Waals surface area contributed by atoms with Gasteiger partial charge in [0.2, 0.25) is 10.0 Å². The number of nitrogens with zero attached hydrogens (tertiary/aromatic N) is 1. The van der Waals surface area contributed by atoms with Crippen molar-refractivity contribution >= 4 is 39.8 Å². The largest absolute Gasteiger partial charge is 0.328 e. The molecule has 0 saturated carbocycles. The summed E-state index contributed by atoms with van der Waals surface area (Å²) in [5, 5.41) is 2.80. The monoisotopic (exact) mass is 362 g/mol. The molecule has 0 radical (unpaired) electrons. The van der Waals surface area contributed by atoms with Crippen molar-refractivity contribution in [3.63, 3.8) is 0 Å². The maximum absolute atomic E-state index is 12.4. The van der Waals surface area contributed by atoms with Crippen LogP contribution >= 0.6 is 12.4 Å². The van der Waals surface area contributed by atoms with Crippen molar-refractivity contribution in [2.24, 2.45) is 5.73 Å². The quantitative estimate of drug-likeness (QED) is 0.759. The third kappa shape index (κ3) is 5.89. The van der Waals surface area contributed by atoms with Crippen molar-refractivity contribution in [1.29, 1.82) is 0 Å². The first-order valence-corrected chi connectivity index (χ1v) is 9.14. The average molecular weight is 363 g/mol. The Kier molecular flexibility index (Phi) is 7.11. The average Bonchev–Trinajstić information content (AvgIpc) is 2.45. The van der Waals surface area contributed by atoms with Crippen molar-refractivity contribution in [3.05, 3.63) is 24.3 Å². The lowest BCUT2D eigenvalue weighted by molar-refractivity contribution is 0.166. The van der Waals surface area contributed by atoms with Crippen molar-refractivity contribution in [2.45, 2.75) is 25.3 Å². The fourth-order valence-electron chi connectivity index (χ4n) is 2.58. The predicted octanol–water partition coefficient (Wildman–Crippen LogP) is 1.82. The predicted molar refractivity (Wildman–Crippen MR) is 94.6 cm³/mol. The maximum atomic E-state index is 12.4. The Labute approximate surface area is 143 Å². The highest BCUT2D eigenvalue weighted by molar-refractivity contribution is 7.92. The minimum absolute atomic E-state index is 0. The molecular weight excluding hydrogens is 340 g/mol. The molecule has 1 aromatic rings. The number of carbonyl (C=O) groups is 1. The third-order valence-electron chi connectivity index (χ3n) is 3.58. The standard InChI is InChI=1S/C14H22N4O3S.ClH/c1-22(20,21)17-12-6-4-5-11(9-12)16-14(19)18-8-3-2-7-13(18)10-15;/h4-6,9,13,17H,2-3,7-8,10,15H2,1H3,(H,16,19);1H. The van der Waals surface area contributed by atoms with Crippen LogP contribution in [0.5, 0.6) is 0 Å². The Hall–Kier alpha value is -1.51. The highest BCUT2D eigenvalue weighted by Crippen LogP contribution is 2.20. The Morgan fingerprint density at radius 2 is 2.04 bits per heavy atom. The highest BCUT2D eigenvalue weighted by Gasteiger charge is 2.25. The number of nitrogens with one attached hydrogen (secondary N) is 2. The lowest BCUT2D eigenvalue weighted by atomic mass is 10.0. The molecule has 0 aromatic heterocycles. The first-order valence-electron chi connectivity index (χ1n) is 7.24. The number of rotatable bonds is 4. The normalized spacial score (nSPS) is 18.0. The molecule has 1 heterocycles. The Morgan fingerprint density at radius 3 is 2.70 bits per heavy atom. The van der Waals surface area contributed by atoms with Gasteiger partial charge in [-0.2, -0.15) is 0 Å². The van der Waals surface area contributed by atoms with Gasteiger partial charge in [-0.05, 0) is 37.5 Å². The van der Waals surface area contributed by atoms with Gasteiger partial charge in [0.25, 0.3) is 0 Å². The number of benzene rings is 1. The first kappa shape index (κ1) is 19.5. The second-order valence-electron chi connectivity index (χ2n) is 5.46. The molecule has 1 saturated heterocycles. The van der Waals surface area contributed by atoms with E-state index in [0.717, 1.165) is 25.5 Å². The van der Waals surface area contributed by atoms with Gasteiger partial charge in [0.15, 0.2) is 0 Å². The van der Waals surface area contributed by atoms with E-state index in [1.807, 2.05) is 0 Å². The maximum Gasteiger partial charge on any atom is 0.322 e. The number of hydrogen-bond acceptors (Lipinski definition) is 4. The highest BCUT2D eigenvalue weighted by atomic mass is 35.5. The van der Waals surface area contributed by atoms with Crippen LogP contribution < -0.4 is 15.8 Å². The van der Waals surface area contributed by atoms with Crippen molar-refractivity contribution in [2.75, 3.05) is 29.4 Å². The summed E-state index contributed by atoms with van der Waals surface area (Å²) >= 11 is 0. The van der Waals surface area contributed by atoms with Crippen LogP contribution in [0.2, 0.25) is 0 Å². The summed E-state index contributed by atoms with van der Waals surface area (Å²) in [6.07, 6.45) is 4.05. The Morgan fingerprint density at radius 1 is 1.35 bits per heavy atom. The number of halogens is 1. The summed E-state index contributed by atoms with van der Waals surface area (Å²) in [5.41, 5.74) is 6.67. The molecule has 4 N–H and O–H groups in total. The first-order chi connectivity index (χ1) is 10.4. The summed E-state index contributed by atoms with van der Waals surface area (Å²) < 4.78 is 24.9. The second-order valence-corrected chi connectivity index (χ2v) is 7.21. The van der Waals surface area contributed by atoms with E-state index < -0.39 is 10.0 Å². The van der Waals surface area contributed by atoms with Crippen LogP contribution in [0.3, 0.4) is 0 Å². The van der Waals surface area contributed by atoms with E-state index in [-0.39, 0.29) is 24.5 Å². The van der Waals surface area contributed by atoms with Crippen LogP contribution in [0.25, 0.3) is 0 Å². The van der Waals surface area contributed by atoms with Gasteiger partial charge in [0.05, 0.1) is 11.9 Å². The summed E-state index contributed by atoms with van der Waals surface area (Å²) in [6.45, 7) is 1.14. The molecule has 7 nitrogen and oxygen atoms in total. The molecule has 1 fully saturated rings. The number of piperidine rings is 1. The zero-order valence-electron chi connectivity index (χ0n) is 13.0. The summed E-state index contributed by atoms with van der Waals surface area (Å²) in [6, 6.07) is 6.46. The van der Waals surface area contributed by atoms with Crippen molar-refractivity contribution in [1.82, 2.24) is 4.90 Å². The van der Waals surface area contributed by atoms with Gasteiger partial charge in [0.1, 0.15) is 0 Å². The van der Waals surface area contributed by atoms with Gasteiger partial charge in [-0.25, -0.2) is 13.2 Å². The van der Waals surface area contributed by atoms with E-state index in [0.29, 0.717) is 24.5 Å². The molecule has 130 valence electrons. The molecular formula is C14H23ClN4O3S. The molecule has 23 heavy (non-hydrogen) atoms. The molecule has 2 amide bonds. The van der Waals surface area contributed by atoms with Crippen LogP contribution in [0.1, 0.15) is 19.3 Å². The molecule has 1 unspecified atom stereocenters. The van der Waals surface area contributed by atoms with Gasteiger partial charge >= 0.3 is 6.03 Å². The lowest BCUT2D eigenvalue weighted by Crippen LogP contribution is -2.49. The Bertz CT molecular complexity index is 639. The van der Waals surface area contributed by atoms with E-state index in [4.69, 9.17) is 5.73 Å². The van der Waals surface area contributed by atoms with Crippen molar-refractivity contribution < 1.29 is 13.2 Å². The van der Waals surface area contributed by atoms with Crippen LogP contribution in [0.15, 0.2) is 24.3 Å². The van der Waals surface area contributed by atoms with E-state index in [1.165, 1.54) is 0 Å². The zero-order valence-corrected chi connectivity index (χ0v) is 14.6. The van der Waals surface area contributed by atoms with Crippen LogP contribution in [-0.4, -0.2) is 44.7 Å². The molecule has 0 spiro atoms. The summed E-state index contributed by atoms with van der Waals surface area (Å²) in [7, 11) is -3.35. The van der Waals surface area contributed by atoms with E-state index >= 15 is 0 Å². The van der Waals surface area contributed by atoms with E-state index in [9.17, 15) is 13.2 Å². The molecule has 1 aromatic carbocycles. The summed E-state index contributed by atoms with van der Waals surface area (Å²) in [5.74, 6) is 0. The second kappa shape index (κ2) is 8.37. The van der Waals surface area contributed by atoms with Gasteiger partial charge < -0.3 is 16.0 Å². The SMILES string of the molecule is CS(=O)(=O)Nc1cccc(NC(=O)N2CCCCC2CN)c1.Cl. The van der Waals surface area contributed by atoms with Gasteiger partial charge in [-0.3, -0.25) is 4.72 Å². The molecule has 1 aliphatic heterocycles. The van der Waals surface area contributed by atoms with Crippen LogP contribution in [0, 0.1) is 0 Å². The number of amides is 2. The molecule has 2 rings (SSSR count). The van der Waals surface area contributed by atoms with Gasteiger partial charge in [-0.15, -0.1) is 12.4 Å². The molecule has 1 atom stereocenters. The number of anilines is 2. The number of nitrogens with two attached hydrogens (primary N) is 1. The van der Waals surface area contributed by atoms with Crippen LogP contribution in [0.4, 0.5) is 16.2 Å². The number of sulfonamides is 1. The minimum atomic E-state index is -3.35. The number of likely N-dealkylation sites (tertiary alicyclic amines) is 1. The molecule has 0 aliphatic carbocycles. The molecule has 0 bridgehead atoms. The summed E-state index contributed by atoms with van der Waals surface area (Å²) in [4.78, 5) is 14.1. The minimum Gasteiger partial charge on any atom is -0.328 e. The Balaban J connectivity index is 0.00000264. The van der Waals surface area contributed by atoms with Crippen LogP contribution in [-0.2, 0) is 10.0 Å². The van der Waals surface area contributed by atoms with E-state index in [2.05, 4.69) is 10.0 Å². The number of urea groups is 1. The lowest BCUT2D eigenvalue weighted by Gasteiger charge is -2.35. The molecule has 9 heteroatoms. The smallest absolute Gasteiger partial charge is 0.322 e. The molecule has 1 aliphatic rings. The van der Waals surface area contributed by atoms with Crippen molar-refractivity contribution in [3.8, 4) is 0 Å². The number of carbonyl (C=O) groups excluding carboxylic acids is 1. The van der Waals surface area contributed by atoms with E-state index in [1.54, 1.807) is 29.2 Å². The third-order valence-corrected chi connectivity index (χ3v) is 4.18. The number of hydrogen-bond donors (Lipinski definition) is 3.